The molecule has 3 aromatic carbocycles. The molecule has 9 atom stereocenters. The van der Waals surface area contributed by atoms with Crippen LogP contribution in [0.2, 0.25) is 0 Å². The van der Waals surface area contributed by atoms with E-state index in [0.29, 0.717) is 171 Å². The summed E-state index contributed by atoms with van der Waals surface area (Å²) in [5.41, 5.74) is 13.8. The Labute approximate surface area is 742 Å². The molecule has 3 aliphatic carbocycles. The van der Waals surface area contributed by atoms with E-state index in [1.165, 1.54) is 70.8 Å². The number of carboxylic acid groups (broad SMARTS) is 1. The van der Waals surface area contributed by atoms with E-state index in [2.05, 4.69) is 84.8 Å². The van der Waals surface area contributed by atoms with Crippen LogP contribution in [-0.4, -0.2) is 278 Å². The van der Waals surface area contributed by atoms with Gasteiger partial charge in [0.2, 0.25) is 35.6 Å². The summed E-state index contributed by atoms with van der Waals surface area (Å²) in [6.45, 7) is 18.0. The van der Waals surface area contributed by atoms with Gasteiger partial charge in [0.25, 0.3) is 11.8 Å². The first-order valence-electron chi connectivity index (χ1n) is 46.9. The van der Waals surface area contributed by atoms with Crippen LogP contribution in [0.15, 0.2) is 55.0 Å². The number of carbonyl (C=O) groups excluding carboxylic acids is 5. The van der Waals surface area contributed by atoms with Crippen LogP contribution in [0.3, 0.4) is 0 Å². The molecule has 9 fully saturated rings. The number of hydrogen-bond donors (Lipinski definition) is 7. The van der Waals surface area contributed by atoms with Gasteiger partial charge < -0.3 is 95.2 Å². The van der Waals surface area contributed by atoms with Crippen LogP contribution in [0.5, 0.6) is 17.2 Å². The third kappa shape index (κ3) is 17.8. The van der Waals surface area contributed by atoms with E-state index in [0.717, 1.165) is 168 Å². The van der Waals surface area contributed by atoms with Crippen molar-refractivity contribution in [3.05, 3.63) is 88.4 Å². The van der Waals surface area contributed by atoms with Crippen LogP contribution in [0, 0.1) is 0 Å². The number of likely N-dealkylation sites (N-methyl/N-ethyl adjacent to an activating group) is 3. The third-order valence-electron chi connectivity index (χ3n) is 28.9. The second-order valence-corrected chi connectivity index (χ2v) is 36.5. The van der Waals surface area contributed by atoms with Crippen molar-refractivity contribution in [1.29, 1.82) is 0 Å². The highest BCUT2D eigenvalue weighted by atomic mass is 16.5. The minimum atomic E-state index is -0.964. The van der Waals surface area contributed by atoms with Gasteiger partial charge in [-0.25, -0.2) is 19.7 Å². The van der Waals surface area contributed by atoms with E-state index in [-0.39, 0.29) is 65.4 Å². The highest BCUT2D eigenvalue weighted by molar-refractivity contribution is 6.07. The fraction of sp³-hybridized carbons (Fsp3) is 0.613. The number of aromatic nitrogens is 6. The fourth-order valence-corrected chi connectivity index (χ4v) is 22.2. The minimum absolute atomic E-state index is 0.0140. The number of nitrogens with one attached hydrogen (secondary N) is 5. The first-order valence-corrected chi connectivity index (χ1v) is 46.9. The molecule has 15 aliphatic rings. The Hall–Kier alpha value is -10.4. The standard InChI is InChI=1S/2C31H41N7O4.C23H27N5O4.C8H16N2O/c2*1-3-25-30(40)36(2)26-16-33-31(35-28(26)38(25)19-7-4-5-8-19)34-24-11-10-23(22-12-14-41-27(22)24)29(39)32-15-21-17-37-13-6-9-20(37)18-42-21;1-3-17-21(29)27(2)18-12-24-23(26-20(18)28(17)13-6-4-5-7-13)25-16-9-8-15(22(30)31)14-10-11-32-19(14)16;9-4-8-5-10-3-1-2-7(10)6-11-8/h2*10-11,16,19-21,25H,3-9,12-15,17-18H2,1-2H3,(H,32,39)(H,33,34,35);8-9,12-13,17H,3-7,10-11H2,1-2H3,(H,30,31)(H,24,25,26);7-8H,1-6,9H2/t2*20-,21-,25-;17-;7-,8-/m1111/s1. The molecule has 6 saturated heterocycles. The zero-order valence-corrected chi connectivity index (χ0v) is 74.3. The normalized spacial score (nSPS) is 25.4. The Kier molecular flexibility index (Phi) is 26.5. The number of ether oxygens (including phenoxy) is 6. The predicted molar refractivity (Wildman–Crippen MR) is 483 cm³/mol. The molecular weight excluding hydrogens is 1620 g/mol. The van der Waals surface area contributed by atoms with E-state index >= 15 is 0 Å². The lowest BCUT2D eigenvalue weighted by atomic mass is 10.0. The summed E-state index contributed by atoms with van der Waals surface area (Å²) in [6.07, 6.45) is 30.4. The maximum atomic E-state index is 13.3. The Morgan fingerprint density at radius 1 is 0.425 bits per heavy atom. The van der Waals surface area contributed by atoms with Crippen LogP contribution in [0.4, 0.5) is 69.4 Å². The number of carbonyl (C=O) groups is 6. The van der Waals surface area contributed by atoms with Gasteiger partial charge in [-0.2, -0.15) is 15.0 Å². The quantitative estimate of drug-likeness (QED) is 0.0374. The Morgan fingerprint density at radius 3 is 1.06 bits per heavy atom. The molecule has 0 spiro atoms. The van der Waals surface area contributed by atoms with Gasteiger partial charge in [-0.3, -0.25) is 38.7 Å². The fourth-order valence-electron chi connectivity index (χ4n) is 22.2. The molecule has 12 aliphatic heterocycles. The first-order chi connectivity index (χ1) is 61.9. The zero-order valence-electron chi connectivity index (χ0n) is 74.3. The SMILES string of the molecule is CC[C@@H]1C(=O)N(C)c2cnc(Nc3ccc(C(=O)NC[C@@H]4CN5CCC[C@@H]5CO4)c4c3OCC4)nc2N1C1CCCC1.CC[C@@H]1C(=O)N(C)c2cnc(Nc3ccc(C(=O)NC[C@@H]4CN5CCC[C@@H]5CO4)c4c3OCC4)nc2N1C1CCCC1.CC[C@@H]1C(=O)N(C)c2cnc(Nc3ccc(C(=O)O)c4c3OCC4)nc2N1C1CCCC1.NC[C@@H]1CN2CCC[C@@H]2CO1. The van der Waals surface area contributed by atoms with Crippen molar-refractivity contribution in [2.24, 2.45) is 5.73 Å². The topological polar surface area (TPSA) is 371 Å². The molecular formula is C93H125N21O13. The average Bonchev–Trinajstić information content (AvgIpc) is 1.65. The lowest BCUT2D eigenvalue weighted by Crippen LogP contribution is -2.55. The Bertz CT molecular complexity index is 4840. The molecule has 6 aromatic rings. The summed E-state index contributed by atoms with van der Waals surface area (Å²) in [5, 5.41) is 25.6. The molecule has 21 rings (SSSR count). The second-order valence-electron chi connectivity index (χ2n) is 36.5. The molecule has 15 heterocycles. The van der Waals surface area contributed by atoms with E-state index in [1.807, 2.05) is 31.2 Å². The number of nitrogens with two attached hydrogens (primary N) is 1. The van der Waals surface area contributed by atoms with Gasteiger partial charge in [-0.15, -0.1) is 0 Å². The maximum absolute atomic E-state index is 13.3. The van der Waals surface area contributed by atoms with Crippen LogP contribution < -0.4 is 75.9 Å². The minimum Gasteiger partial charge on any atom is -0.491 e. The number of hydrogen-bond acceptors (Lipinski definition) is 28. The summed E-state index contributed by atoms with van der Waals surface area (Å²) < 4.78 is 35.4. The van der Waals surface area contributed by atoms with Crippen LogP contribution in [0.25, 0.3) is 0 Å². The number of nitrogens with zero attached hydrogens (tertiary/aromatic N) is 15. The molecule has 0 bridgehead atoms. The number of morpholine rings is 3. The zero-order chi connectivity index (χ0) is 87.7. The van der Waals surface area contributed by atoms with Gasteiger partial charge in [-0.1, -0.05) is 59.3 Å². The predicted octanol–water partition coefficient (Wildman–Crippen LogP) is 9.67. The van der Waals surface area contributed by atoms with Crippen LogP contribution >= 0.6 is 0 Å². The van der Waals surface area contributed by atoms with Crippen molar-refractivity contribution in [3.63, 3.8) is 0 Å². The number of fused-ring (bicyclic) bond motifs is 9. The van der Waals surface area contributed by atoms with E-state index in [1.54, 1.807) is 66.6 Å². The molecule has 0 radical (unpaired) electrons. The summed E-state index contributed by atoms with van der Waals surface area (Å²) in [6, 6.07) is 12.7. The number of anilines is 12. The number of aromatic carboxylic acids is 1. The average molecular weight is 1750 g/mol. The van der Waals surface area contributed by atoms with Crippen molar-refractivity contribution < 1.29 is 62.3 Å². The lowest BCUT2D eigenvalue weighted by molar-refractivity contribution is -0.120. The monoisotopic (exact) mass is 1740 g/mol. The Balaban J connectivity index is 0.000000122. The molecule has 3 aromatic heterocycles. The number of amides is 5. The van der Waals surface area contributed by atoms with Crippen molar-refractivity contribution in [3.8, 4) is 17.2 Å². The summed E-state index contributed by atoms with van der Waals surface area (Å²) in [7, 11) is 5.39. The number of benzene rings is 3. The largest absolute Gasteiger partial charge is 0.491 e. The highest BCUT2D eigenvalue weighted by Crippen LogP contribution is 2.47. The van der Waals surface area contributed by atoms with E-state index < -0.39 is 5.97 Å². The van der Waals surface area contributed by atoms with Gasteiger partial charge in [0.05, 0.1) is 99.2 Å². The molecule has 8 N–H and O–H groups in total. The molecule has 3 saturated carbocycles. The highest BCUT2D eigenvalue weighted by Gasteiger charge is 2.47. The second kappa shape index (κ2) is 38.5. The smallest absolute Gasteiger partial charge is 0.336 e. The van der Waals surface area contributed by atoms with Gasteiger partial charge in [-0.05, 0) is 152 Å². The number of rotatable bonds is 20. The summed E-state index contributed by atoms with van der Waals surface area (Å²) in [5.74, 6) is 4.61. The van der Waals surface area contributed by atoms with E-state index in [4.69, 9.17) is 49.1 Å². The summed E-state index contributed by atoms with van der Waals surface area (Å²) >= 11 is 0. The van der Waals surface area contributed by atoms with Gasteiger partial charge in [0, 0.05) is 144 Å². The molecule has 34 heteroatoms. The maximum Gasteiger partial charge on any atom is 0.336 e. The van der Waals surface area contributed by atoms with Crippen molar-refractivity contribution in [2.75, 3.05) is 165 Å². The van der Waals surface area contributed by atoms with E-state index in [9.17, 15) is 33.9 Å². The Morgan fingerprint density at radius 2 is 0.732 bits per heavy atom. The third-order valence-corrected chi connectivity index (χ3v) is 28.9. The van der Waals surface area contributed by atoms with Crippen molar-refractivity contribution in [2.45, 2.75) is 248 Å². The molecule has 5 amide bonds. The van der Waals surface area contributed by atoms with Crippen molar-refractivity contribution in [1.82, 2.24) is 55.2 Å². The van der Waals surface area contributed by atoms with Crippen molar-refractivity contribution >= 4 is 105 Å². The molecule has 34 nitrogen and oxygen atoms in total. The van der Waals surface area contributed by atoms with Gasteiger partial charge in [0.1, 0.15) is 52.4 Å². The summed E-state index contributed by atoms with van der Waals surface area (Å²) in [4.78, 5) is 125. The first kappa shape index (κ1) is 87.3. The lowest BCUT2D eigenvalue weighted by Gasteiger charge is -2.43. The van der Waals surface area contributed by atoms with Gasteiger partial charge in [0.15, 0.2) is 17.5 Å². The molecule has 127 heavy (non-hydrogen) atoms. The van der Waals surface area contributed by atoms with Gasteiger partial charge >= 0.3 is 5.97 Å². The van der Waals surface area contributed by atoms with Crippen LogP contribution in [-0.2, 0) is 47.9 Å². The number of carboxylic acids is 1. The van der Waals surface area contributed by atoms with Crippen LogP contribution in [0.1, 0.15) is 203 Å². The molecule has 0 unspecified atom stereocenters. The molecule has 680 valence electrons.